The smallest absolute Gasteiger partial charge is 0.0648 e. The fraction of sp³-hybridized carbons (Fsp3) is 0.500. The molecule has 1 saturated heterocycles. The summed E-state index contributed by atoms with van der Waals surface area (Å²) >= 11 is 6.18. The highest BCUT2D eigenvalue weighted by Gasteiger charge is 2.25. The summed E-state index contributed by atoms with van der Waals surface area (Å²) in [6.45, 7) is 2.95. The second-order valence-corrected chi connectivity index (χ2v) is 4.65. The number of hydrogen-bond donors (Lipinski definition) is 1. The first kappa shape index (κ1) is 11.7. The zero-order valence-corrected chi connectivity index (χ0v) is 10.2. The van der Waals surface area contributed by atoms with E-state index in [1.165, 1.54) is 0 Å². The standard InChI is InChI=1S/C12H17ClN2O/c1-14-6-7-15(10(8-14)9-16)12-5-3-2-4-11(12)13/h2-5,10,16H,6-9H2,1H3. The average molecular weight is 241 g/mol. The summed E-state index contributed by atoms with van der Waals surface area (Å²) < 4.78 is 0. The average Bonchev–Trinajstić information content (AvgIpc) is 2.30. The normalized spacial score (nSPS) is 22.4. The van der Waals surface area contributed by atoms with Crippen LogP contribution in [0.2, 0.25) is 5.02 Å². The largest absolute Gasteiger partial charge is 0.394 e. The number of aliphatic hydroxyl groups is 1. The van der Waals surface area contributed by atoms with Crippen LogP contribution in [-0.2, 0) is 0 Å². The van der Waals surface area contributed by atoms with Crippen LogP contribution in [0.5, 0.6) is 0 Å². The van der Waals surface area contributed by atoms with E-state index in [9.17, 15) is 5.11 Å². The Bertz CT molecular complexity index is 359. The fourth-order valence-electron chi connectivity index (χ4n) is 2.17. The zero-order valence-electron chi connectivity index (χ0n) is 9.43. The van der Waals surface area contributed by atoms with Gasteiger partial charge in [0, 0.05) is 19.6 Å². The number of hydrogen-bond acceptors (Lipinski definition) is 3. The van der Waals surface area contributed by atoms with Gasteiger partial charge >= 0.3 is 0 Å². The maximum Gasteiger partial charge on any atom is 0.0648 e. The minimum Gasteiger partial charge on any atom is -0.394 e. The number of benzene rings is 1. The molecule has 3 nitrogen and oxygen atoms in total. The third-order valence-corrected chi connectivity index (χ3v) is 3.38. The SMILES string of the molecule is CN1CCN(c2ccccc2Cl)C(CO)C1. The molecule has 1 aromatic carbocycles. The summed E-state index contributed by atoms with van der Waals surface area (Å²) in [4.78, 5) is 4.43. The summed E-state index contributed by atoms with van der Waals surface area (Å²) in [5, 5.41) is 10.2. The van der Waals surface area contributed by atoms with Crippen LogP contribution in [0.15, 0.2) is 24.3 Å². The van der Waals surface area contributed by atoms with Gasteiger partial charge in [0.25, 0.3) is 0 Å². The van der Waals surface area contributed by atoms with Crippen molar-refractivity contribution in [1.29, 1.82) is 0 Å². The van der Waals surface area contributed by atoms with Crippen LogP contribution in [0.1, 0.15) is 0 Å². The first-order valence-corrected chi connectivity index (χ1v) is 5.90. The van der Waals surface area contributed by atoms with E-state index >= 15 is 0 Å². The molecule has 2 rings (SSSR count). The van der Waals surface area contributed by atoms with E-state index in [-0.39, 0.29) is 12.6 Å². The van der Waals surface area contributed by atoms with Crippen molar-refractivity contribution >= 4 is 17.3 Å². The summed E-state index contributed by atoms with van der Waals surface area (Å²) in [6, 6.07) is 7.95. The van der Waals surface area contributed by atoms with E-state index in [1.54, 1.807) is 0 Å². The minimum absolute atomic E-state index is 0.138. The van der Waals surface area contributed by atoms with Gasteiger partial charge in [-0.05, 0) is 19.2 Å². The molecule has 4 heteroatoms. The lowest BCUT2D eigenvalue weighted by molar-refractivity contribution is 0.191. The van der Waals surface area contributed by atoms with Crippen molar-refractivity contribution in [2.45, 2.75) is 6.04 Å². The number of piperazine rings is 1. The Morgan fingerprint density at radius 2 is 2.12 bits per heavy atom. The molecule has 1 N–H and O–H groups in total. The first-order valence-electron chi connectivity index (χ1n) is 5.53. The minimum atomic E-state index is 0.138. The van der Waals surface area contributed by atoms with Crippen molar-refractivity contribution < 1.29 is 5.11 Å². The molecule has 16 heavy (non-hydrogen) atoms. The van der Waals surface area contributed by atoms with Crippen molar-refractivity contribution in [2.24, 2.45) is 0 Å². The Hall–Kier alpha value is -0.770. The number of likely N-dealkylation sites (N-methyl/N-ethyl adjacent to an activating group) is 1. The van der Waals surface area contributed by atoms with Gasteiger partial charge in [0.15, 0.2) is 0 Å². The number of aliphatic hydroxyl groups excluding tert-OH is 1. The van der Waals surface area contributed by atoms with Crippen molar-refractivity contribution in [2.75, 3.05) is 38.2 Å². The number of halogens is 1. The third kappa shape index (κ3) is 2.32. The molecule has 1 fully saturated rings. The number of nitrogens with zero attached hydrogens (tertiary/aromatic N) is 2. The van der Waals surface area contributed by atoms with Crippen LogP contribution in [0.25, 0.3) is 0 Å². The van der Waals surface area contributed by atoms with Gasteiger partial charge in [-0.2, -0.15) is 0 Å². The van der Waals surface area contributed by atoms with Gasteiger partial charge in [-0.15, -0.1) is 0 Å². The maximum absolute atomic E-state index is 9.42. The predicted octanol–water partition coefficient (Wildman–Crippen LogP) is 1.45. The molecule has 1 unspecified atom stereocenters. The Morgan fingerprint density at radius 3 is 2.81 bits per heavy atom. The van der Waals surface area contributed by atoms with E-state index in [0.717, 1.165) is 30.3 Å². The van der Waals surface area contributed by atoms with Crippen LogP contribution < -0.4 is 4.90 Å². The highest BCUT2D eigenvalue weighted by molar-refractivity contribution is 6.33. The molecule has 1 heterocycles. The lowest BCUT2D eigenvalue weighted by atomic mass is 10.1. The first-order chi connectivity index (χ1) is 7.72. The molecule has 0 spiro atoms. The van der Waals surface area contributed by atoms with Gasteiger partial charge in [-0.25, -0.2) is 0 Å². The number of anilines is 1. The van der Waals surface area contributed by atoms with E-state index in [0.29, 0.717) is 0 Å². The highest BCUT2D eigenvalue weighted by Crippen LogP contribution is 2.28. The van der Waals surface area contributed by atoms with E-state index in [4.69, 9.17) is 11.6 Å². The zero-order chi connectivity index (χ0) is 11.5. The van der Waals surface area contributed by atoms with Gasteiger partial charge in [-0.1, -0.05) is 23.7 Å². The quantitative estimate of drug-likeness (QED) is 0.848. The molecule has 1 aliphatic heterocycles. The Kier molecular flexibility index (Phi) is 3.69. The summed E-state index contributed by atoms with van der Waals surface area (Å²) in [5.41, 5.74) is 1.02. The molecule has 1 aliphatic rings. The van der Waals surface area contributed by atoms with Gasteiger partial charge < -0.3 is 14.9 Å². The Balaban J connectivity index is 2.22. The van der Waals surface area contributed by atoms with Crippen molar-refractivity contribution in [3.63, 3.8) is 0 Å². The molecular formula is C12H17ClN2O. The topological polar surface area (TPSA) is 26.7 Å². The second-order valence-electron chi connectivity index (χ2n) is 4.24. The van der Waals surface area contributed by atoms with Crippen LogP contribution in [0, 0.1) is 0 Å². The van der Waals surface area contributed by atoms with E-state index in [1.807, 2.05) is 24.3 Å². The lowest BCUT2D eigenvalue weighted by Crippen LogP contribution is -2.53. The van der Waals surface area contributed by atoms with Crippen LogP contribution in [0.4, 0.5) is 5.69 Å². The maximum atomic E-state index is 9.42. The van der Waals surface area contributed by atoms with Gasteiger partial charge in [0.05, 0.1) is 23.4 Å². The summed E-state index contributed by atoms with van der Waals surface area (Å²) in [6.07, 6.45) is 0. The number of rotatable bonds is 2. The van der Waals surface area contributed by atoms with Gasteiger partial charge in [0.1, 0.15) is 0 Å². The van der Waals surface area contributed by atoms with Crippen LogP contribution in [-0.4, -0.2) is 49.3 Å². The molecule has 1 aromatic rings. The summed E-state index contributed by atoms with van der Waals surface area (Å²) in [5.74, 6) is 0. The third-order valence-electron chi connectivity index (χ3n) is 3.06. The van der Waals surface area contributed by atoms with Gasteiger partial charge in [0.2, 0.25) is 0 Å². The molecule has 0 amide bonds. The Labute approximate surface area is 101 Å². The molecule has 88 valence electrons. The van der Waals surface area contributed by atoms with Crippen molar-refractivity contribution in [1.82, 2.24) is 4.90 Å². The fourth-order valence-corrected chi connectivity index (χ4v) is 2.41. The van der Waals surface area contributed by atoms with E-state index in [2.05, 4.69) is 16.8 Å². The molecule has 0 saturated carbocycles. The summed E-state index contributed by atoms with van der Waals surface area (Å²) in [7, 11) is 2.08. The van der Waals surface area contributed by atoms with E-state index < -0.39 is 0 Å². The molecule has 1 atom stereocenters. The molecule has 0 aliphatic carbocycles. The van der Waals surface area contributed by atoms with Crippen LogP contribution >= 0.6 is 11.6 Å². The second kappa shape index (κ2) is 5.04. The molecule has 0 bridgehead atoms. The lowest BCUT2D eigenvalue weighted by Gasteiger charge is -2.41. The van der Waals surface area contributed by atoms with Crippen molar-refractivity contribution in [3.05, 3.63) is 29.3 Å². The predicted molar refractivity (Wildman–Crippen MR) is 67.2 cm³/mol. The van der Waals surface area contributed by atoms with Crippen molar-refractivity contribution in [3.8, 4) is 0 Å². The Morgan fingerprint density at radius 1 is 1.38 bits per heavy atom. The highest BCUT2D eigenvalue weighted by atomic mass is 35.5. The van der Waals surface area contributed by atoms with Crippen LogP contribution in [0.3, 0.4) is 0 Å². The molecular weight excluding hydrogens is 224 g/mol. The monoisotopic (exact) mass is 240 g/mol. The molecule has 0 radical (unpaired) electrons. The van der Waals surface area contributed by atoms with Gasteiger partial charge in [-0.3, -0.25) is 0 Å². The number of para-hydroxylation sites is 1. The molecule has 0 aromatic heterocycles.